The Kier molecular flexibility index (Phi) is 3.33. The van der Waals surface area contributed by atoms with Crippen LogP contribution in [0.1, 0.15) is 16.1 Å². The number of nitrogens with zero attached hydrogens (tertiary/aromatic N) is 2. The number of nitrogens with two attached hydrogens (primary N) is 1. The summed E-state index contributed by atoms with van der Waals surface area (Å²) in [6, 6.07) is 6.13. The Morgan fingerprint density at radius 1 is 1.35 bits per heavy atom. The Balaban J connectivity index is 2.17. The van der Waals surface area contributed by atoms with Crippen LogP contribution in [-0.2, 0) is 6.54 Å². The summed E-state index contributed by atoms with van der Waals surface area (Å²) in [4.78, 5) is 7.79. The molecule has 90 valence electrons. The normalized spacial score (nSPS) is 10.5. The fraction of sp³-hybridized carbons (Fsp3) is 0.308. The third-order valence-electron chi connectivity index (χ3n) is 2.92. The summed E-state index contributed by atoms with van der Waals surface area (Å²) in [5.74, 6) is 0. The summed E-state index contributed by atoms with van der Waals surface area (Å²) >= 11 is 1.70. The molecule has 0 aliphatic carbocycles. The molecule has 3 nitrogen and oxygen atoms in total. The molecule has 0 aliphatic heterocycles. The maximum Gasteiger partial charge on any atom is 0.0798 e. The van der Waals surface area contributed by atoms with Crippen molar-refractivity contribution in [2.75, 3.05) is 17.7 Å². The Morgan fingerprint density at radius 2 is 2.12 bits per heavy atom. The van der Waals surface area contributed by atoms with E-state index in [2.05, 4.69) is 29.1 Å². The number of thiazole rings is 1. The highest BCUT2D eigenvalue weighted by Crippen LogP contribution is 2.22. The number of rotatable bonds is 3. The van der Waals surface area contributed by atoms with E-state index in [1.165, 1.54) is 10.6 Å². The van der Waals surface area contributed by atoms with Gasteiger partial charge in [-0.1, -0.05) is 0 Å². The molecule has 0 bridgehead atoms. The summed E-state index contributed by atoms with van der Waals surface area (Å²) < 4.78 is 0. The van der Waals surface area contributed by atoms with E-state index >= 15 is 0 Å². The van der Waals surface area contributed by atoms with Crippen molar-refractivity contribution in [3.05, 3.63) is 39.8 Å². The van der Waals surface area contributed by atoms with Crippen molar-refractivity contribution < 1.29 is 0 Å². The number of benzene rings is 1. The molecule has 2 N–H and O–H groups in total. The smallest absolute Gasteiger partial charge is 0.0798 e. The summed E-state index contributed by atoms with van der Waals surface area (Å²) in [7, 11) is 2.09. The third-order valence-corrected chi connectivity index (χ3v) is 3.84. The second-order valence-corrected chi connectivity index (χ2v) is 5.20. The van der Waals surface area contributed by atoms with E-state index in [-0.39, 0.29) is 0 Å². The van der Waals surface area contributed by atoms with E-state index < -0.39 is 0 Å². The lowest BCUT2D eigenvalue weighted by molar-refractivity contribution is 0.925. The highest BCUT2D eigenvalue weighted by atomic mass is 32.1. The van der Waals surface area contributed by atoms with Crippen LogP contribution >= 0.6 is 11.3 Å². The van der Waals surface area contributed by atoms with E-state index in [9.17, 15) is 0 Å². The molecular formula is C13H17N3S. The number of hydrogen-bond acceptors (Lipinski definition) is 4. The molecule has 0 saturated heterocycles. The standard InChI is InChI=1S/C13H17N3S/c1-9-6-11(4-5-12(9)14)16(3)7-13-10(2)15-8-17-13/h4-6,8H,7,14H2,1-3H3. The number of hydrogen-bond donors (Lipinski definition) is 1. The highest BCUT2D eigenvalue weighted by Gasteiger charge is 2.07. The van der Waals surface area contributed by atoms with Crippen LogP contribution < -0.4 is 10.6 Å². The topological polar surface area (TPSA) is 42.2 Å². The van der Waals surface area contributed by atoms with Gasteiger partial charge in [-0.05, 0) is 37.6 Å². The third kappa shape index (κ3) is 2.58. The van der Waals surface area contributed by atoms with Crippen molar-refractivity contribution in [3.8, 4) is 0 Å². The van der Waals surface area contributed by atoms with E-state index in [0.717, 1.165) is 23.5 Å². The Labute approximate surface area is 106 Å². The zero-order valence-corrected chi connectivity index (χ0v) is 11.2. The Morgan fingerprint density at radius 3 is 2.71 bits per heavy atom. The number of aryl methyl sites for hydroxylation is 2. The maximum absolute atomic E-state index is 5.82. The highest BCUT2D eigenvalue weighted by molar-refractivity contribution is 7.09. The molecule has 0 saturated carbocycles. The van der Waals surface area contributed by atoms with Crippen LogP contribution in [0.15, 0.2) is 23.7 Å². The first-order valence-electron chi connectivity index (χ1n) is 5.54. The van der Waals surface area contributed by atoms with Gasteiger partial charge in [-0.15, -0.1) is 11.3 Å². The second kappa shape index (κ2) is 4.75. The molecule has 0 fully saturated rings. The van der Waals surface area contributed by atoms with Crippen LogP contribution in [0.4, 0.5) is 11.4 Å². The lowest BCUT2D eigenvalue weighted by Gasteiger charge is -2.19. The second-order valence-electron chi connectivity index (χ2n) is 4.26. The molecule has 2 rings (SSSR count). The lowest BCUT2D eigenvalue weighted by atomic mass is 10.1. The lowest BCUT2D eigenvalue weighted by Crippen LogP contribution is -2.16. The van der Waals surface area contributed by atoms with Crippen molar-refractivity contribution in [2.45, 2.75) is 20.4 Å². The molecule has 4 heteroatoms. The van der Waals surface area contributed by atoms with Crippen LogP contribution in [0.3, 0.4) is 0 Å². The van der Waals surface area contributed by atoms with Gasteiger partial charge in [0.15, 0.2) is 0 Å². The van der Waals surface area contributed by atoms with Gasteiger partial charge in [0.25, 0.3) is 0 Å². The quantitative estimate of drug-likeness (QED) is 0.848. The van der Waals surface area contributed by atoms with Crippen molar-refractivity contribution >= 4 is 22.7 Å². The van der Waals surface area contributed by atoms with Gasteiger partial charge < -0.3 is 10.6 Å². The van der Waals surface area contributed by atoms with Crippen molar-refractivity contribution in [1.29, 1.82) is 0 Å². The summed E-state index contributed by atoms with van der Waals surface area (Å²) in [6.45, 7) is 4.97. The Hall–Kier alpha value is -1.55. The minimum atomic E-state index is 0.844. The molecule has 1 aromatic heterocycles. The largest absolute Gasteiger partial charge is 0.399 e. The fourth-order valence-corrected chi connectivity index (χ4v) is 2.51. The van der Waals surface area contributed by atoms with Gasteiger partial charge in [0.2, 0.25) is 0 Å². The van der Waals surface area contributed by atoms with Crippen LogP contribution in [0.5, 0.6) is 0 Å². The first-order chi connectivity index (χ1) is 8.08. The molecule has 0 atom stereocenters. The maximum atomic E-state index is 5.82. The van der Waals surface area contributed by atoms with Gasteiger partial charge in [0.1, 0.15) is 0 Å². The van der Waals surface area contributed by atoms with Crippen LogP contribution in [0.25, 0.3) is 0 Å². The summed E-state index contributed by atoms with van der Waals surface area (Å²) in [5, 5.41) is 0. The first kappa shape index (κ1) is 11.9. The molecule has 1 aromatic carbocycles. The summed E-state index contributed by atoms with van der Waals surface area (Å²) in [6.07, 6.45) is 0. The summed E-state index contributed by atoms with van der Waals surface area (Å²) in [5.41, 5.74) is 12.0. The van der Waals surface area contributed by atoms with Crippen LogP contribution in [0, 0.1) is 13.8 Å². The van der Waals surface area contributed by atoms with E-state index in [1.807, 2.05) is 25.4 Å². The molecule has 0 radical (unpaired) electrons. The minimum absolute atomic E-state index is 0.844. The van der Waals surface area contributed by atoms with Gasteiger partial charge >= 0.3 is 0 Å². The minimum Gasteiger partial charge on any atom is -0.399 e. The van der Waals surface area contributed by atoms with E-state index in [4.69, 9.17) is 5.73 Å². The van der Waals surface area contributed by atoms with Gasteiger partial charge in [0, 0.05) is 23.3 Å². The van der Waals surface area contributed by atoms with Crippen molar-refractivity contribution in [1.82, 2.24) is 4.98 Å². The van der Waals surface area contributed by atoms with Gasteiger partial charge in [-0.25, -0.2) is 4.98 Å². The molecule has 0 spiro atoms. The average Bonchev–Trinajstić information content (AvgIpc) is 2.68. The molecule has 0 unspecified atom stereocenters. The number of nitrogen functional groups attached to an aromatic ring is 1. The molecule has 1 heterocycles. The van der Waals surface area contributed by atoms with Gasteiger partial charge in [0.05, 0.1) is 17.7 Å². The van der Waals surface area contributed by atoms with Gasteiger partial charge in [-0.2, -0.15) is 0 Å². The Bertz CT molecular complexity index is 519. The van der Waals surface area contributed by atoms with E-state index in [1.54, 1.807) is 11.3 Å². The van der Waals surface area contributed by atoms with Crippen molar-refractivity contribution in [3.63, 3.8) is 0 Å². The van der Waals surface area contributed by atoms with Crippen LogP contribution in [-0.4, -0.2) is 12.0 Å². The SMILES string of the molecule is Cc1cc(N(C)Cc2scnc2C)ccc1N. The molecule has 0 amide bonds. The number of aromatic nitrogens is 1. The monoisotopic (exact) mass is 247 g/mol. The predicted octanol–water partition coefficient (Wildman–Crippen LogP) is 2.98. The average molecular weight is 247 g/mol. The van der Waals surface area contributed by atoms with E-state index in [0.29, 0.717) is 0 Å². The molecule has 0 aliphatic rings. The zero-order chi connectivity index (χ0) is 12.4. The predicted molar refractivity (Wildman–Crippen MR) is 74.5 cm³/mol. The molecular weight excluding hydrogens is 230 g/mol. The molecule has 2 aromatic rings. The zero-order valence-electron chi connectivity index (χ0n) is 10.4. The fourth-order valence-electron chi connectivity index (χ4n) is 1.68. The van der Waals surface area contributed by atoms with Crippen molar-refractivity contribution in [2.24, 2.45) is 0 Å². The van der Waals surface area contributed by atoms with Crippen LogP contribution in [0.2, 0.25) is 0 Å². The molecule has 17 heavy (non-hydrogen) atoms. The number of anilines is 2. The first-order valence-corrected chi connectivity index (χ1v) is 6.42. The van der Waals surface area contributed by atoms with Gasteiger partial charge in [-0.3, -0.25) is 0 Å².